The number of hydrogen-bond acceptors (Lipinski definition) is 5. The maximum Gasteiger partial charge on any atom is 0.296 e. The Balaban J connectivity index is 2.14. The lowest BCUT2D eigenvalue weighted by molar-refractivity contribution is 0.464. The van der Waals surface area contributed by atoms with E-state index < -0.39 is 0 Å². The second-order valence-corrected chi connectivity index (χ2v) is 3.63. The van der Waals surface area contributed by atoms with Crippen LogP contribution in [0.5, 0.6) is 0 Å². The van der Waals surface area contributed by atoms with Crippen molar-refractivity contribution in [1.82, 2.24) is 24.8 Å². The van der Waals surface area contributed by atoms with Crippen LogP contribution in [0.4, 0.5) is 0 Å². The highest BCUT2D eigenvalue weighted by atomic mass is 16.3. The van der Waals surface area contributed by atoms with Gasteiger partial charge in [-0.05, 0) is 12.1 Å². The summed E-state index contributed by atoms with van der Waals surface area (Å²) in [6.45, 7) is 0.264. The second kappa shape index (κ2) is 3.55. The minimum atomic E-state index is -0.230. The molecule has 0 saturated carbocycles. The summed E-state index contributed by atoms with van der Waals surface area (Å²) >= 11 is 0. The Kier molecular flexibility index (Phi) is 2.04. The van der Waals surface area contributed by atoms with Crippen LogP contribution in [0.2, 0.25) is 0 Å². The van der Waals surface area contributed by atoms with E-state index in [-0.39, 0.29) is 12.1 Å². The molecule has 0 aliphatic heterocycles. The van der Waals surface area contributed by atoms with E-state index in [1.54, 1.807) is 25.4 Å². The lowest BCUT2D eigenvalue weighted by Crippen LogP contribution is -2.25. The molecule has 0 atom stereocenters. The van der Waals surface area contributed by atoms with Crippen molar-refractivity contribution < 1.29 is 4.42 Å². The van der Waals surface area contributed by atoms with Gasteiger partial charge in [0.25, 0.3) is 5.56 Å². The third-order valence-electron chi connectivity index (χ3n) is 2.50. The van der Waals surface area contributed by atoms with Crippen molar-refractivity contribution >= 4 is 11.0 Å². The van der Waals surface area contributed by atoms with Crippen LogP contribution < -0.4 is 5.56 Å². The molecule has 7 nitrogen and oxygen atoms in total. The summed E-state index contributed by atoms with van der Waals surface area (Å²) in [4.78, 5) is 12.1. The van der Waals surface area contributed by atoms with E-state index in [1.165, 1.54) is 15.6 Å². The van der Waals surface area contributed by atoms with Gasteiger partial charge in [0.05, 0.1) is 12.5 Å². The molecule has 3 rings (SSSR count). The highest BCUT2D eigenvalue weighted by Gasteiger charge is 2.10. The highest BCUT2D eigenvalue weighted by Crippen LogP contribution is 2.04. The maximum absolute atomic E-state index is 12.1. The Bertz CT molecular complexity index is 710. The molecule has 7 heteroatoms. The average Bonchev–Trinajstić information content (AvgIpc) is 2.93. The number of hydrogen-bond donors (Lipinski definition) is 0. The van der Waals surface area contributed by atoms with E-state index in [1.807, 2.05) is 0 Å². The van der Waals surface area contributed by atoms with Crippen LogP contribution in [-0.2, 0) is 13.6 Å². The van der Waals surface area contributed by atoms with Crippen molar-refractivity contribution in [2.24, 2.45) is 7.05 Å². The number of nitrogens with zero attached hydrogens (tertiary/aromatic N) is 5. The zero-order valence-corrected chi connectivity index (χ0v) is 9.07. The predicted octanol–water partition coefficient (Wildman–Crippen LogP) is 0.166. The number of furan rings is 1. The summed E-state index contributed by atoms with van der Waals surface area (Å²) in [5.41, 5.74) is 0.700. The van der Waals surface area contributed by atoms with Gasteiger partial charge < -0.3 is 4.42 Å². The van der Waals surface area contributed by atoms with E-state index in [9.17, 15) is 4.79 Å². The largest absolute Gasteiger partial charge is 0.467 e. The summed E-state index contributed by atoms with van der Waals surface area (Å²) in [6.07, 6.45) is 3.07. The highest BCUT2D eigenvalue weighted by molar-refractivity contribution is 5.71. The summed E-state index contributed by atoms with van der Waals surface area (Å²) < 4.78 is 7.91. The number of aryl methyl sites for hydroxylation is 1. The molecular weight excluding hydrogens is 222 g/mol. The van der Waals surface area contributed by atoms with Crippen molar-refractivity contribution in [3.05, 3.63) is 40.7 Å². The van der Waals surface area contributed by atoms with Crippen LogP contribution >= 0.6 is 0 Å². The van der Waals surface area contributed by atoms with Crippen molar-refractivity contribution in [3.63, 3.8) is 0 Å². The Morgan fingerprint density at radius 1 is 1.47 bits per heavy atom. The molecule has 17 heavy (non-hydrogen) atoms. The minimum absolute atomic E-state index is 0.230. The smallest absolute Gasteiger partial charge is 0.296 e. The van der Waals surface area contributed by atoms with Crippen molar-refractivity contribution in [3.8, 4) is 0 Å². The van der Waals surface area contributed by atoms with Crippen molar-refractivity contribution in [1.29, 1.82) is 0 Å². The normalized spacial score (nSPS) is 11.1. The van der Waals surface area contributed by atoms with Gasteiger partial charge in [0.1, 0.15) is 17.8 Å². The van der Waals surface area contributed by atoms with Crippen LogP contribution in [-0.4, -0.2) is 24.8 Å². The van der Waals surface area contributed by atoms with Crippen LogP contribution in [0, 0.1) is 0 Å². The monoisotopic (exact) mass is 231 g/mol. The van der Waals surface area contributed by atoms with Gasteiger partial charge in [0.15, 0.2) is 5.52 Å². The molecule has 0 saturated heterocycles. The molecular formula is C10H9N5O2. The molecule has 0 bridgehead atoms. The standard InChI is InChI=1S/C10H9N5O2/c1-14-9-8(5-11-14)12-13-15(10(9)16)6-7-3-2-4-17-7/h2-5H,6H2,1H3. The fourth-order valence-corrected chi connectivity index (χ4v) is 1.67. The average molecular weight is 231 g/mol. The Hall–Kier alpha value is -2.44. The third-order valence-corrected chi connectivity index (χ3v) is 2.50. The first-order valence-corrected chi connectivity index (χ1v) is 5.03. The molecule has 0 aliphatic rings. The SMILES string of the molecule is Cn1ncc2nnn(Cc3ccco3)c(=O)c21. The molecule has 3 heterocycles. The summed E-state index contributed by atoms with van der Waals surface area (Å²) in [6, 6.07) is 3.54. The molecule has 0 unspecified atom stereocenters. The van der Waals surface area contributed by atoms with Crippen LogP contribution in [0.3, 0.4) is 0 Å². The van der Waals surface area contributed by atoms with E-state index in [2.05, 4.69) is 15.4 Å². The Labute approximate surface area is 95.3 Å². The Morgan fingerprint density at radius 2 is 2.35 bits per heavy atom. The fraction of sp³-hybridized carbons (Fsp3) is 0.200. The molecule has 3 aromatic rings. The molecule has 0 aliphatic carbocycles. The fourth-order valence-electron chi connectivity index (χ4n) is 1.67. The van der Waals surface area contributed by atoms with Gasteiger partial charge in [-0.25, -0.2) is 4.68 Å². The van der Waals surface area contributed by atoms with Gasteiger partial charge in [-0.2, -0.15) is 5.10 Å². The van der Waals surface area contributed by atoms with Gasteiger partial charge >= 0.3 is 0 Å². The Morgan fingerprint density at radius 3 is 3.12 bits per heavy atom. The van der Waals surface area contributed by atoms with E-state index in [0.29, 0.717) is 16.8 Å². The van der Waals surface area contributed by atoms with Crippen LogP contribution in [0.1, 0.15) is 5.76 Å². The van der Waals surface area contributed by atoms with Crippen LogP contribution in [0.15, 0.2) is 33.8 Å². The van der Waals surface area contributed by atoms with E-state index in [4.69, 9.17) is 4.42 Å². The van der Waals surface area contributed by atoms with E-state index in [0.717, 1.165) is 0 Å². The topological polar surface area (TPSA) is 78.7 Å². The zero-order chi connectivity index (χ0) is 11.8. The van der Waals surface area contributed by atoms with Crippen molar-refractivity contribution in [2.75, 3.05) is 0 Å². The molecule has 0 N–H and O–H groups in total. The predicted molar refractivity (Wildman–Crippen MR) is 58.4 cm³/mol. The van der Waals surface area contributed by atoms with Crippen LogP contribution in [0.25, 0.3) is 11.0 Å². The lowest BCUT2D eigenvalue weighted by Gasteiger charge is -2.00. The zero-order valence-electron chi connectivity index (χ0n) is 9.07. The molecule has 0 amide bonds. The first-order chi connectivity index (χ1) is 8.25. The molecule has 86 valence electrons. The maximum atomic E-state index is 12.1. The number of fused-ring (bicyclic) bond motifs is 1. The molecule has 0 aromatic carbocycles. The molecule has 0 radical (unpaired) electrons. The van der Waals surface area contributed by atoms with Gasteiger partial charge in [-0.1, -0.05) is 5.21 Å². The molecule has 0 fully saturated rings. The molecule has 0 spiro atoms. The first kappa shape index (κ1) is 9.76. The summed E-state index contributed by atoms with van der Waals surface area (Å²) in [5.74, 6) is 0.655. The second-order valence-electron chi connectivity index (χ2n) is 3.63. The van der Waals surface area contributed by atoms with Gasteiger partial charge in [-0.15, -0.1) is 5.10 Å². The van der Waals surface area contributed by atoms with E-state index >= 15 is 0 Å². The van der Waals surface area contributed by atoms with Gasteiger partial charge in [0, 0.05) is 7.05 Å². The summed E-state index contributed by atoms with van der Waals surface area (Å²) in [5, 5.41) is 11.7. The van der Waals surface area contributed by atoms with Crippen molar-refractivity contribution in [2.45, 2.75) is 6.54 Å². The number of aromatic nitrogens is 5. The lowest BCUT2D eigenvalue weighted by atomic mass is 10.4. The third kappa shape index (κ3) is 1.52. The molecule has 3 aromatic heterocycles. The van der Waals surface area contributed by atoms with Gasteiger partial charge in [0.2, 0.25) is 0 Å². The summed E-state index contributed by atoms with van der Waals surface area (Å²) in [7, 11) is 1.70. The quantitative estimate of drug-likeness (QED) is 0.628. The number of rotatable bonds is 2. The minimum Gasteiger partial charge on any atom is -0.467 e. The van der Waals surface area contributed by atoms with Gasteiger partial charge in [-0.3, -0.25) is 9.48 Å². The first-order valence-electron chi connectivity index (χ1n) is 5.03.